The number of nitrogens with zero attached hydrogens (tertiary/aromatic N) is 2. The molecule has 0 aliphatic carbocycles. The van der Waals surface area contributed by atoms with Crippen LogP contribution < -0.4 is 5.73 Å². The van der Waals surface area contributed by atoms with Gasteiger partial charge in [-0.05, 0) is 24.3 Å². The maximum absolute atomic E-state index is 13.9. The Labute approximate surface area is 118 Å². The Morgan fingerprint density at radius 3 is 2.53 bits per heavy atom. The lowest BCUT2D eigenvalue weighted by Crippen LogP contribution is -1.95. The number of rotatable bonds is 1. The van der Waals surface area contributed by atoms with Crippen LogP contribution >= 0.6 is 23.2 Å². The Kier molecular flexibility index (Phi) is 2.84. The van der Waals surface area contributed by atoms with Gasteiger partial charge in [0.1, 0.15) is 17.3 Å². The molecule has 0 fully saturated rings. The summed E-state index contributed by atoms with van der Waals surface area (Å²) in [5.74, 6) is -0.178. The van der Waals surface area contributed by atoms with Crippen molar-refractivity contribution < 1.29 is 4.39 Å². The van der Waals surface area contributed by atoms with Crippen LogP contribution in [-0.4, -0.2) is 9.38 Å². The van der Waals surface area contributed by atoms with Gasteiger partial charge in [0.25, 0.3) is 0 Å². The molecule has 96 valence electrons. The summed E-state index contributed by atoms with van der Waals surface area (Å²) in [5, 5.41) is 0.694. The molecule has 0 amide bonds. The summed E-state index contributed by atoms with van der Waals surface area (Å²) in [6.45, 7) is 0. The fourth-order valence-corrected chi connectivity index (χ4v) is 2.42. The number of fused-ring (bicyclic) bond motifs is 1. The second-order valence-corrected chi connectivity index (χ2v) is 4.81. The van der Waals surface area contributed by atoms with Gasteiger partial charge in [0.2, 0.25) is 0 Å². The maximum Gasteiger partial charge on any atom is 0.157 e. The first-order chi connectivity index (χ1) is 9.09. The molecule has 0 aliphatic rings. The van der Waals surface area contributed by atoms with E-state index in [0.29, 0.717) is 16.5 Å². The van der Waals surface area contributed by atoms with Crippen LogP contribution in [0.3, 0.4) is 0 Å². The fourth-order valence-electron chi connectivity index (χ4n) is 1.96. The Hall–Kier alpha value is -1.78. The molecule has 0 spiro atoms. The van der Waals surface area contributed by atoms with E-state index < -0.39 is 5.82 Å². The van der Waals surface area contributed by atoms with E-state index in [4.69, 9.17) is 28.9 Å². The number of nitrogens with two attached hydrogens (primary N) is 1. The van der Waals surface area contributed by atoms with Crippen molar-refractivity contribution in [2.75, 3.05) is 5.73 Å². The first kappa shape index (κ1) is 12.3. The summed E-state index contributed by atoms with van der Waals surface area (Å²) in [4.78, 5) is 4.29. The standard InChI is InChI=1S/C13H8Cl2FN3/c14-7-3-1-5-9(16)10(7)11-12(17)19-6-2-4-8(15)13(19)18-11/h1-6H,17H2. The highest BCUT2D eigenvalue weighted by atomic mass is 35.5. The predicted molar refractivity (Wildman–Crippen MR) is 75.0 cm³/mol. The minimum absolute atomic E-state index is 0.182. The summed E-state index contributed by atoms with van der Waals surface area (Å²) in [5.41, 5.74) is 6.93. The van der Waals surface area contributed by atoms with Crippen molar-refractivity contribution in [1.29, 1.82) is 0 Å². The lowest BCUT2D eigenvalue weighted by molar-refractivity contribution is 0.631. The molecule has 3 aromatic rings. The topological polar surface area (TPSA) is 43.3 Å². The van der Waals surface area contributed by atoms with Crippen molar-refractivity contribution >= 4 is 34.7 Å². The van der Waals surface area contributed by atoms with Gasteiger partial charge in [0.15, 0.2) is 5.65 Å². The Balaban J connectivity index is 2.38. The van der Waals surface area contributed by atoms with Crippen LogP contribution in [0.2, 0.25) is 10.0 Å². The molecule has 0 bridgehead atoms. The van der Waals surface area contributed by atoms with Gasteiger partial charge in [0.05, 0.1) is 15.6 Å². The predicted octanol–water partition coefficient (Wildman–Crippen LogP) is 4.03. The second-order valence-electron chi connectivity index (χ2n) is 3.99. The molecule has 3 nitrogen and oxygen atoms in total. The molecule has 0 aliphatic heterocycles. The molecule has 0 saturated heterocycles. The molecule has 0 saturated carbocycles. The maximum atomic E-state index is 13.9. The van der Waals surface area contributed by atoms with Gasteiger partial charge in [-0.2, -0.15) is 0 Å². The first-order valence-electron chi connectivity index (χ1n) is 5.46. The van der Waals surface area contributed by atoms with Gasteiger partial charge in [0, 0.05) is 6.20 Å². The average Bonchev–Trinajstić information content (AvgIpc) is 2.69. The normalized spacial score (nSPS) is 11.1. The molecule has 0 atom stereocenters. The van der Waals surface area contributed by atoms with Crippen LogP contribution in [0.1, 0.15) is 0 Å². The number of imidazole rings is 1. The van der Waals surface area contributed by atoms with E-state index in [2.05, 4.69) is 4.98 Å². The van der Waals surface area contributed by atoms with E-state index in [0.717, 1.165) is 0 Å². The van der Waals surface area contributed by atoms with Crippen molar-refractivity contribution in [3.05, 3.63) is 52.4 Å². The van der Waals surface area contributed by atoms with E-state index in [-0.39, 0.29) is 16.3 Å². The number of benzene rings is 1. The highest BCUT2D eigenvalue weighted by molar-refractivity contribution is 6.34. The van der Waals surface area contributed by atoms with Gasteiger partial charge in [-0.1, -0.05) is 29.3 Å². The fraction of sp³-hybridized carbons (Fsp3) is 0. The Morgan fingerprint density at radius 2 is 1.84 bits per heavy atom. The van der Waals surface area contributed by atoms with E-state index >= 15 is 0 Å². The van der Waals surface area contributed by atoms with Crippen LogP contribution in [-0.2, 0) is 0 Å². The number of anilines is 1. The van der Waals surface area contributed by atoms with Crippen LogP contribution in [0.4, 0.5) is 10.2 Å². The van der Waals surface area contributed by atoms with Crippen molar-refractivity contribution in [2.45, 2.75) is 0 Å². The lowest BCUT2D eigenvalue weighted by Gasteiger charge is -2.03. The Bertz CT molecular complexity index is 763. The molecule has 6 heteroatoms. The summed E-state index contributed by atoms with van der Waals surface area (Å²) in [7, 11) is 0. The van der Waals surface area contributed by atoms with Gasteiger partial charge in [-0.15, -0.1) is 0 Å². The third-order valence-corrected chi connectivity index (χ3v) is 3.45. The zero-order valence-electron chi connectivity index (χ0n) is 9.57. The van der Waals surface area contributed by atoms with Gasteiger partial charge >= 0.3 is 0 Å². The molecule has 2 heterocycles. The summed E-state index contributed by atoms with van der Waals surface area (Å²) in [6.07, 6.45) is 1.71. The molecule has 19 heavy (non-hydrogen) atoms. The van der Waals surface area contributed by atoms with Gasteiger partial charge in [-0.3, -0.25) is 4.40 Å². The van der Waals surface area contributed by atoms with E-state index in [1.165, 1.54) is 12.1 Å². The van der Waals surface area contributed by atoms with E-state index in [1.54, 1.807) is 28.8 Å². The molecule has 0 unspecified atom stereocenters. The number of pyridine rings is 1. The monoisotopic (exact) mass is 295 g/mol. The highest BCUT2D eigenvalue weighted by Gasteiger charge is 2.18. The van der Waals surface area contributed by atoms with Crippen molar-refractivity contribution in [2.24, 2.45) is 0 Å². The van der Waals surface area contributed by atoms with Crippen molar-refractivity contribution in [1.82, 2.24) is 9.38 Å². The molecular weight excluding hydrogens is 288 g/mol. The third-order valence-electron chi connectivity index (χ3n) is 2.84. The molecule has 0 radical (unpaired) electrons. The number of aromatic nitrogens is 2. The molecule has 1 aromatic carbocycles. The van der Waals surface area contributed by atoms with E-state index in [1.807, 2.05) is 0 Å². The van der Waals surface area contributed by atoms with Crippen LogP contribution in [0, 0.1) is 5.82 Å². The number of halogens is 3. The average molecular weight is 296 g/mol. The number of hydrogen-bond acceptors (Lipinski definition) is 2. The van der Waals surface area contributed by atoms with Crippen LogP contribution in [0.15, 0.2) is 36.5 Å². The van der Waals surface area contributed by atoms with E-state index in [9.17, 15) is 4.39 Å². The molecule has 3 rings (SSSR count). The minimum atomic E-state index is -0.473. The summed E-state index contributed by atoms with van der Waals surface area (Å²) in [6, 6.07) is 7.85. The minimum Gasteiger partial charge on any atom is -0.383 e. The van der Waals surface area contributed by atoms with Gasteiger partial charge in [-0.25, -0.2) is 9.37 Å². The quantitative estimate of drug-likeness (QED) is 0.736. The number of nitrogen functional groups attached to an aromatic ring is 1. The summed E-state index contributed by atoms with van der Waals surface area (Å²) < 4.78 is 15.5. The summed E-state index contributed by atoms with van der Waals surface area (Å²) >= 11 is 12.1. The lowest BCUT2D eigenvalue weighted by atomic mass is 10.1. The highest BCUT2D eigenvalue weighted by Crippen LogP contribution is 2.35. The van der Waals surface area contributed by atoms with Gasteiger partial charge < -0.3 is 5.73 Å². The largest absolute Gasteiger partial charge is 0.383 e. The zero-order valence-corrected chi connectivity index (χ0v) is 11.1. The smallest absolute Gasteiger partial charge is 0.157 e. The zero-order chi connectivity index (χ0) is 13.6. The molecular formula is C13H8Cl2FN3. The Morgan fingerprint density at radius 1 is 1.11 bits per heavy atom. The van der Waals surface area contributed by atoms with Crippen LogP contribution in [0.5, 0.6) is 0 Å². The number of hydrogen-bond donors (Lipinski definition) is 1. The van der Waals surface area contributed by atoms with Crippen molar-refractivity contribution in [3.8, 4) is 11.3 Å². The van der Waals surface area contributed by atoms with Crippen LogP contribution in [0.25, 0.3) is 16.9 Å². The third kappa shape index (κ3) is 1.84. The second kappa shape index (κ2) is 4.40. The molecule has 2 aromatic heterocycles. The first-order valence-corrected chi connectivity index (χ1v) is 6.21. The molecule has 2 N–H and O–H groups in total. The SMILES string of the molecule is Nc1c(-c2c(F)cccc2Cl)nc2c(Cl)cccn12. The van der Waals surface area contributed by atoms with Crippen molar-refractivity contribution in [3.63, 3.8) is 0 Å².